The first kappa shape index (κ1) is 31.7. The minimum absolute atomic E-state index is 0.116. The molecule has 0 aliphatic heterocycles. The van der Waals surface area contributed by atoms with Gasteiger partial charge in [-0.3, -0.25) is 4.79 Å². The van der Waals surface area contributed by atoms with Crippen molar-refractivity contribution in [1.82, 2.24) is 14.9 Å². The molecule has 11 nitrogen and oxygen atoms in total. The third-order valence-electron chi connectivity index (χ3n) is 7.26. The molecule has 0 spiro atoms. The topological polar surface area (TPSA) is 141 Å². The first-order valence-electron chi connectivity index (χ1n) is 15.1. The highest BCUT2D eigenvalue weighted by Gasteiger charge is 2.18. The number of rotatable bonds is 11. The zero-order chi connectivity index (χ0) is 32.8. The molecular formula is C35H36N6O5. The highest BCUT2D eigenvalue weighted by Crippen LogP contribution is 2.32. The Labute approximate surface area is 266 Å². The van der Waals surface area contributed by atoms with Crippen molar-refractivity contribution in [3.05, 3.63) is 90.2 Å². The van der Waals surface area contributed by atoms with E-state index >= 15 is 0 Å². The van der Waals surface area contributed by atoms with Gasteiger partial charge < -0.3 is 30.0 Å². The SMILES string of the molecule is CCCN(CCC)c1nc(-c2ccc(NC(=O)Nc3ccc(C(=O)N(C)C)cc3)cc2)nc2cc(-c3ccc(C(=O)O)o3)ccc12. The summed E-state index contributed by atoms with van der Waals surface area (Å²) in [5, 5.41) is 15.8. The maximum atomic E-state index is 12.7. The Morgan fingerprint density at radius 2 is 1.39 bits per heavy atom. The highest BCUT2D eigenvalue weighted by atomic mass is 16.4. The number of aromatic nitrogens is 2. The van der Waals surface area contributed by atoms with E-state index < -0.39 is 12.0 Å². The fraction of sp³-hybridized carbons (Fsp3) is 0.229. The van der Waals surface area contributed by atoms with Crippen LogP contribution in [0.25, 0.3) is 33.6 Å². The molecule has 0 radical (unpaired) electrons. The van der Waals surface area contributed by atoms with Crippen LogP contribution in [0, 0.1) is 0 Å². The lowest BCUT2D eigenvalue weighted by molar-refractivity contribution is 0.0663. The lowest BCUT2D eigenvalue weighted by atomic mass is 10.1. The molecule has 0 aliphatic carbocycles. The second kappa shape index (κ2) is 13.9. The molecule has 0 atom stereocenters. The third-order valence-corrected chi connectivity index (χ3v) is 7.26. The van der Waals surface area contributed by atoms with Gasteiger partial charge in [0.1, 0.15) is 11.6 Å². The molecule has 0 saturated carbocycles. The van der Waals surface area contributed by atoms with Crippen molar-refractivity contribution in [3.8, 4) is 22.7 Å². The zero-order valence-electron chi connectivity index (χ0n) is 26.2. The Bertz CT molecular complexity index is 1860. The molecule has 0 saturated heterocycles. The van der Waals surface area contributed by atoms with Gasteiger partial charge in [-0.05, 0) is 85.6 Å². The number of nitrogens with zero attached hydrogens (tertiary/aromatic N) is 4. The highest BCUT2D eigenvalue weighted by molar-refractivity contribution is 6.01. The molecule has 11 heteroatoms. The Morgan fingerprint density at radius 3 is 1.96 bits per heavy atom. The first-order chi connectivity index (χ1) is 22.2. The average molecular weight is 621 g/mol. The van der Waals surface area contributed by atoms with Crippen LogP contribution in [0.1, 0.15) is 47.6 Å². The van der Waals surface area contributed by atoms with Crippen molar-refractivity contribution in [1.29, 1.82) is 0 Å². The van der Waals surface area contributed by atoms with Gasteiger partial charge in [-0.25, -0.2) is 19.6 Å². The molecule has 3 amide bonds. The molecule has 2 aromatic heterocycles. The molecule has 236 valence electrons. The van der Waals surface area contributed by atoms with Crippen LogP contribution in [-0.2, 0) is 0 Å². The fourth-order valence-corrected chi connectivity index (χ4v) is 5.06. The average Bonchev–Trinajstić information content (AvgIpc) is 3.55. The lowest BCUT2D eigenvalue weighted by Gasteiger charge is -2.24. The summed E-state index contributed by atoms with van der Waals surface area (Å²) in [4.78, 5) is 49.8. The number of carbonyl (C=O) groups excluding carboxylic acids is 2. The number of carboxylic acid groups (broad SMARTS) is 1. The summed E-state index contributed by atoms with van der Waals surface area (Å²) >= 11 is 0. The number of benzene rings is 3. The van der Waals surface area contributed by atoms with Crippen molar-refractivity contribution in [3.63, 3.8) is 0 Å². The number of aromatic carboxylic acids is 1. The van der Waals surface area contributed by atoms with Crippen molar-refractivity contribution < 1.29 is 23.9 Å². The van der Waals surface area contributed by atoms with Gasteiger partial charge in [-0.1, -0.05) is 19.9 Å². The number of urea groups is 1. The summed E-state index contributed by atoms with van der Waals surface area (Å²) in [5.74, 6) is 0.400. The summed E-state index contributed by atoms with van der Waals surface area (Å²) in [6, 6.07) is 22.3. The predicted octanol–water partition coefficient (Wildman–Crippen LogP) is 7.23. The number of carbonyl (C=O) groups is 3. The molecule has 0 unspecified atom stereocenters. The van der Waals surface area contributed by atoms with Crippen LogP contribution in [0.4, 0.5) is 22.0 Å². The molecule has 0 bridgehead atoms. The van der Waals surface area contributed by atoms with Gasteiger partial charge in [-0.2, -0.15) is 0 Å². The third kappa shape index (κ3) is 7.15. The van der Waals surface area contributed by atoms with Crippen LogP contribution in [0.2, 0.25) is 0 Å². The standard InChI is InChI=1S/C35H36N6O5/c1-5-19-41(20-6-2)32-27-16-11-24(29-17-18-30(46-29)34(43)44)21-28(27)38-31(39-32)22-7-12-25(13-8-22)36-35(45)37-26-14-9-23(10-15-26)33(42)40(3)4/h7-18,21H,5-6,19-20H2,1-4H3,(H,43,44)(H2,36,37,45). The van der Waals surface area contributed by atoms with E-state index in [0.717, 1.165) is 42.7 Å². The van der Waals surface area contributed by atoms with Gasteiger partial charge >= 0.3 is 12.0 Å². The van der Waals surface area contributed by atoms with E-state index in [9.17, 15) is 19.5 Å². The number of hydrogen-bond acceptors (Lipinski definition) is 7. The maximum Gasteiger partial charge on any atom is 0.371 e. The second-order valence-corrected chi connectivity index (χ2v) is 11.0. The Kier molecular flexibility index (Phi) is 9.61. The second-order valence-electron chi connectivity index (χ2n) is 11.0. The van der Waals surface area contributed by atoms with Gasteiger partial charge in [0.25, 0.3) is 5.91 Å². The van der Waals surface area contributed by atoms with E-state index in [1.165, 1.54) is 11.0 Å². The van der Waals surface area contributed by atoms with Crippen molar-refractivity contribution in [2.45, 2.75) is 26.7 Å². The smallest absolute Gasteiger partial charge is 0.371 e. The summed E-state index contributed by atoms with van der Waals surface area (Å²) < 4.78 is 5.55. The number of amides is 3. The molecule has 5 aromatic rings. The number of nitrogens with one attached hydrogen (secondary N) is 2. The molecular weight excluding hydrogens is 584 g/mol. The quantitative estimate of drug-likeness (QED) is 0.140. The normalized spacial score (nSPS) is 10.9. The van der Waals surface area contributed by atoms with Crippen molar-refractivity contribution in [2.24, 2.45) is 0 Å². The number of hydrogen-bond donors (Lipinski definition) is 3. The van der Waals surface area contributed by atoms with Crippen LogP contribution >= 0.6 is 0 Å². The Morgan fingerprint density at radius 1 is 0.783 bits per heavy atom. The molecule has 3 aromatic carbocycles. The van der Waals surface area contributed by atoms with Crippen LogP contribution in [0.5, 0.6) is 0 Å². The van der Waals surface area contributed by atoms with Crippen LogP contribution in [0.3, 0.4) is 0 Å². The van der Waals surface area contributed by atoms with E-state index in [1.807, 2.05) is 30.3 Å². The molecule has 2 heterocycles. The van der Waals surface area contributed by atoms with E-state index in [0.29, 0.717) is 39.6 Å². The van der Waals surface area contributed by atoms with E-state index in [-0.39, 0.29) is 11.7 Å². The lowest BCUT2D eigenvalue weighted by Crippen LogP contribution is -2.26. The predicted molar refractivity (Wildman–Crippen MR) is 180 cm³/mol. The molecule has 5 rings (SSSR count). The van der Waals surface area contributed by atoms with Crippen LogP contribution in [-0.4, -0.2) is 65.1 Å². The number of anilines is 3. The number of carboxylic acids is 1. The van der Waals surface area contributed by atoms with Crippen molar-refractivity contribution >= 4 is 46.0 Å². The van der Waals surface area contributed by atoms with Crippen LogP contribution < -0.4 is 15.5 Å². The first-order valence-corrected chi connectivity index (χ1v) is 15.1. The number of fused-ring (bicyclic) bond motifs is 1. The molecule has 46 heavy (non-hydrogen) atoms. The minimum atomic E-state index is -1.13. The van der Waals surface area contributed by atoms with Gasteiger partial charge in [0.15, 0.2) is 5.82 Å². The summed E-state index contributed by atoms with van der Waals surface area (Å²) in [5.41, 5.74) is 3.83. The van der Waals surface area contributed by atoms with E-state index in [2.05, 4.69) is 29.4 Å². The Hall–Kier alpha value is -5.71. The monoisotopic (exact) mass is 620 g/mol. The van der Waals surface area contributed by atoms with Crippen molar-refractivity contribution in [2.75, 3.05) is 42.7 Å². The fourth-order valence-electron chi connectivity index (χ4n) is 5.06. The molecule has 0 aliphatic rings. The molecule has 0 fully saturated rings. The van der Waals surface area contributed by atoms with Gasteiger partial charge in [0, 0.05) is 60.6 Å². The summed E-state index contributed by atoms with van der Waals surface area (Å²) in [6.07, 6.45) is 1.90. The number of furan rings is 1. The summed E-state index contributed by atoms with van der Waals surface area (Å²) in [7, 11) is 3.37. The molecule has 3 N–H and O–H groups in total. The van der Waals surface area contributed by atoms with Gasteiger partial charge in [0.2, 0.25) is 5.76 Å². The largest absolute Gasteiger partial charge is 0.475 e. The van der Waals surface area contributed by atoms with Gasteiger partial charge in [0.05, 0.1) is 5.52 Å². The maximum absolute atomic E-state index is 12.7. The zero-order valence-corrected chi connectivity index (χ0v) is 26.2. The van der Waals surface area contributed by atoms with E-state index in [4.69, 9.17) is 14.4 Å². The Balaban J connectivity index is 1.41. The van der Waals surface area contributed by atoms with Gasteiger partial charge in [-0.15, -0.1) is 0 Å². The minimum Gasteiger partial charge on any atom is -0.475 e. The summed E-state index contributed by atoms with van der Waals surface area (Å²) in [6.45, 7) is 5.91. The van der Waals surface area contributed by atoms with Crippen LogP contribution in [0.15, 0.2) is 83.3 Å². The van der Waals surface area contributed by atoms with E-state index in [1.54, 1.807) is 56.6 Å².